The molecule has 0 aliphatic rings. The van der Waals surface area contributed by atoms with E-state index in [1.54, 1.807) is 6.07 Å². The molecule has 0 fully saturated rings. The largest absolute Gasteiger partial charge is 0.494 e. The number of hydrogen-bond acceptors (Lipinski definition) is 3. The van der Waals surface area contributed by atoms with E-state index in [0.29, 0.717) is 18.2 Å². The van der Waals surface area contributed by atoms with Gasteiger partial charge in [0, 0.05) is 11.6 Å². The van der Waals surface area contributed by atoms with Gasteiger partial charge in [-0.2, -0.15) is 0 Å². The number of carbonyl (C=O) groups is 1. The van der Waals surface area contributed by atoms with Gasteiger partial charge in [0.15, 0.2) is 17.3 Å². The lowest BCUT2D eigenvalue weighted by molar-refractivity contribution is 0.0911. The van der Waals surface area contributed by atoms with Gasteiger partial charge in [0.2, 0.25) is 0 Å². The summed E-state index contributed by atoms with van der Waals surface area (Å²) in [7, 11) is 1.40. The van der Waals surface area contributed by atoms with E-state index in [4.69, 9.17) is 4.74 Å². The minimum atomic E-state index is -0.504. The van der Waals surface area contributed by atoms with Gasteiger partial charge in [-0.05, 0) is 38.6 Å². The summed E-state index contributed by atoms with van der Waals surface area (Å²) >= 11 is 0. The zero-order chi connectivity index (χ0) is 13.7. The fraction of sp³-hybridized carbons (Fsp3) is 0.500. The fourth-order valence-corrected chi connectivity index (χ4v) is 1.78. The van der Waals surface area contributed by atoms with Crippen LogP contribution in [0.5, 0.6) is 5.75 Å². The highest BCUT2D eigenvalue weighted by molar-refractivity contribution is 5.97. The highest BCUT2D eigenvalue weighted by atomic mass is 19.1. The quantitative estimate of drug-likeness (QED) is 0.730. The summed E-state index contributed by atoms with van der Waals surface area (Å²) in [5.41, 5.74) is 0.382. The second kappa shape index (κ2) is 6.50. The number of hydrogen-bond donors (Lipinski definition) is 0. The van der Waals surface area contributed by atoms with Gasteiger partial charge in [-0.15, -0.1) is 0 Å². The zero-order valence-corrected chi connectivity index (χ0v) is 11.4. The Balaban J connectivity index is 2.81. The van der Waals surface area contributed by atoms with Crippen molar-refractivity contribution >= 4 is 5.78 Å². The Morgan fingerprint density at radius 3 is 2.56 bits per heavy atom. The monoisotopic (exact) mass is 253 g/mol. The molecule has 0 spiro atoms. The summed E-state index contributed by atoms with van der Waals surface area (Å²) in [6.45, 7) is 7.17. The highest BCUT2D eigenvalue weighted by Crippen LogP contribution is 2.18. The number of ketones is 1. The van der Waals surface area contributed by atoms with Crippen molar-refractivity contribution in [1.29, 1.82) is 0 Å². The molecule has 4 heteroatoms. The molecule has 0 saturated carbocycles. The van der Waals surface area contributed by atoms with Crippen LogP contribution in [0.1, 0.15) is 31.1 Å². The van der Waals surface area contributed by atoms with Crippen molar-refractivity contribution in [3.05, 3.63) is 29.6 Å². The van der Waals surface area contributed by atoms with Gasteiger partial charge in [-0.3, -0.25) is 9.69 Å². The molecule has 0 aromatic heterocycles. The molecule has 1 aromatic rings. The Morgan fingerprint density at radius 2 is 2.11 bits per heavy atom. The smallest absolute Gasteiger partial charge is 0.176 e. The molecule has 0 radical (unpaired) electrons. The number of likely N-dealkylation sites (N-methyl/N-ethyl adjacent to an activating group) is 1. The Hall–Kier alpha value is -1.42. The molecule has 0 bridgehead atoms. The molecule has 1 rings (SSSR count). The first-order valence-electron chi connectivity index (χ1n) is 6.10. The van der Waals surface area contributed by atoms with E-state index in [1.165, 1.54) is 19.2 Å². The molecule has 0 aliphatic carbocycles. The molecule has 0 amide bonds. The number of methoxy groups -OCH3 is 1. The first kappa shape index (κ1) is 14.6. The maximum atomic E-state index is 13.5. The predicted molar refractivity (Wildman–Crippen MR) is 69.7 cm³/mol. The molecule has 0 unspecified atom stereocenters. The number of carbonyl (C=O) groups excluding carboxylic acids is 1. The topological polar surface area (TPSA) is 29.5 Å². The molecule has 18 heavy (non-hydrogen) atoms. The van der Waals surface area contributed by atoms with Crippen LogP contribution in [-0.2, 0) is 0 Å². The van der Waals surface area contributed by atoms with Crippen molar-refractivity contribution in [1.82, 2.24) is 4.90 Å². The van der Waals surface area contributed by atoms with E-state index in [9.17, 15) is 9.18 Å². The van der Waals surface area contributed by atoms with Gasteiger partial charge >= 0.3 is 0 Å². The third kappa shape index (κ3) is 3.53. The van der Waals surface area contributed by atoms with Crippen LogP contribution in [-0.4, -0.2) is 36.9 Å². The average molecular weight is 253 g/mol. The third-order valence-electron chi connectivity index (χ3n) is 2.96. The van der Waals surface area contributed by atoms with Crippen molar-refractivity contribution in [3.8, 4) is 5.75 Å². The number of Topliss-reactive ketones (excluding diaryl/α,β-unsaturated/α-hetero) is 1. The van der Waals surface area contributed by atoms with Gasteiger partial charge in [-0.25, -0.2) is 4.39 Å². The molecule has 0 saturated heterocycles. The van der Waals surface area contributed by atoms with Crippen LogP contribution in [0.15, 0.2) is 18.2 Å². The van der Waals surface area contributed by atoms with E-state index in [2.05, 4.69) is 0 Å². The Kier molecular flexibility index (Phi) is 5.28. The normalized spacial score (nSPS) is 11.1. The van der Waals surface area contributed by atoms with Crippen molar-refractivity contribution in [2.75, 3.05) is 20.2 Å². The average Bonchev–Trinajstić information content (AvgIpc) is 2.35. The number of benzene rings is 1. The van der Waals surface area contributed by atoms with E-state index in [-0.39, 0.29) is 11.5 Å². The zero-order valence-electron chi connectivity index (χ0n) is 11.4. The van der Waals surface area contributed by atoms with Crippen LogP contribution in [0.25, 0.3) is 0 Å². The molecule has 3 nitrogen and oxygen atoms in total. The minimum absolute atomic E-state index is 0.0768. The SMILES string of the molecule is CCN(CC(=O)c1ccc(OC)c(F)c1)C(C)C. The molecular formula is C14H20FNO2. The molecular weight excluding hydrogens is 233 g/mol. The molecule has 0 atom stereocenters. The molecule has 1 aromatic carbocycles. The van der Waals surface area contributed by atoms with Crippen LogP contribution in [0.4, 0.5) is 4.39 Å². The van der Waals surface area contributed by atoms with Crippen molar-refractivity contribution in [3.63, 3.8) is 0 Å². The highest BCUT2D eigenvalue weighted by Gasteiger charge is 2.15. The van der Waals surface area contributed by atoms with Crippen LogP contribution in [0.2, 0.25) is 0 Å². The van der Waals surface area contributed by atoms with Gasteiger partial charge in [0.1, 0.15) is 0 Å². The van der Waals surface area contributed by atoms with E-state index in [1.807, 2.05) is 25.7 Å². The Labute approximate surface area is 108 Å². The first-order chi connectivity index (χ1) is 8.49. The van der Waals surface area contributed by atoms with Crippen molar-refractivity contribution in [2.45, 2.75) is 26.8 Å². The minimum Gasteiger partial charge on any atom is -0.494 e. The molecule has 100 valence electrons. The van der Waals surface area contributed by atoms with Gasteiger partial charge < -0.3 is 4.74 Å². The van der Waals surface area contributed by atoms with E-state index in [0.717, 1.165) is 6.54 Å². The van der Waals surface area contributed by atoms with Crippen LogP contribution in [0.3, 0.4) is 0 Å². The number of ether oxygens (including phenoxy) is 1. The summed E-state index contributed by atoms with van der Waals surface area (Å²) in [4.78, 5) is 14.1. The molecule has 0 heterocycles. The Morgan fingerprint density at radius 1 is 1.44 bits per heavy atom. The van der Waals surface area contributed by atoms with Gasteiger partial charge in [0.25, 0.3) is 0 Å². The number of halogens is 1. The predicted octanol–water partition coefficient (Wildman–Crippen LogP) is 2.75. The second-order valence-electron chi connectivity index (χ2n) is 4.43. The van der Waals surface area contributed by atoms with Crippen molar-refractivity contribution < 1.29 is 13.9 Å². The summed E-state index contributed by atoms with van der Waals surface area (Å²) in [6.07, 6.45) is 0. The third-order valence-corrected chi connectivity index (χ3v) is 2.96. The maximum absolute atomic E-state index is 13.5. The molecule has 0 N–H and O–H groups in total. The fourth-order valence-electron chi connectivity index (χ4n) is 1.78. The number of nitrogens with zero attached hydrogens (tertiary/aromatic N) is 1. The molecule has 0 aliphatic heterocycles. The first-order valence-corrected chi connectivity index (χ1v) is 6.10. The lowest BCUT2D eigenvalue weighted by Crippen LogP contribution is -2.35. The van der Waals surface area contributed by atoms with E-state index < -0.39 is 5.82 Å². The standard InChI is InChI=1S/C14H20FNO2/c1-5-16(10(2)3)9-13(17)11-6-7-14(18-4)12(15)8-11/h6-8,10H,5,9H2,1-4H3. The summed E-state index contributed by atoms with van der Waals surface area (Å²) in [5.74, 6) is -0.425. The van der Waals surface area contributed by atoms with Crippen LogP contribution in [0, 0.1) is 5.82 Å². The maximum Gasteiger partial charge on any atom is 0.176 e. The lowest BCUT2D eigenvalue weighted by atomic mass is 10.1. The van der Waals surface area contributed by atoms with Crippen molar-refractivity contribution in [2.24, 2.45) is 0 Å². The second-order valence-corrected chi connectivity index (χ2v) is 4.43. The van der Waals surface area contributed by atoms with Gasteiger partial charge in [0.05, 0.1) is 13.7 Å². The van der Waals surface area contributed by atoms with Gasteiger partial charge in [-0.1, -0.05) is 6.92 Å². The number of rotatable bonds is 6. The van der Waals surface area contributed by atoms with E-state index >= 15 is 0 Å². The summed E-state index contributed by atoms with van der Waals surface area (Å²) in [6, 6.07) is 4.60. The van der Waals surface area contributed by atoms with Crippen LogP contribution < -0.4 is 4.74 Å². The summed E-state index contributed by atoms with van der Waals surface area (Å²) in [5, 5.41) is 0. The van der Waals surface area contributed by atoms with Crippen LogP contribution >= 0.6 is 0 Å². The lowest BCUT2D eigenvalue weighted by Gasteiger charge is -2.23. The Bertz CT molecular complexity index is 418. The summed E-state index contributed by atoms with van der Waals surface area (Å²) < 4.78 is 18.3.